The molecule has 0 heterocycles. The second-order valence-electron chi connectivity index (χ2n) is 5.48. The van der Waals surface area contributed by atoms with Crippen molar-refractivity contribution in [3.63, 3.8) is 0 Å². The summed E-state index contributed by atoms with van der Waals surface area (Å²) in [5, 5.41) is 0. The Morgan fingerprint density at radius 3 is 2.36 bits per heavy atom. The highest BCUT2D eigenvalue weighted by molar-refractivity contribution is 7.89. The highest BCUT2D eigenvalue weighted by Gasteiger charge is 2.46. The quantitative estimate of drug-likeness (QED) is 0.857. The molecule has 2 rings (SSSR count). The van der Waals surface area contributed by atoms with Crippen molar-refractivity contribution < 1.29 is 21.6 Å². The third-order valence-corrected chi connectivity index (χ3v) is 5.14. The van der Waals surface area contributed by atoms with Crippen molar-refractivity contribution >= 4 is 10.0 Å². The van der Waals surface area contributed by atoms with Gasteiger partial charge in [0, 0.05) is 5.92 Å². The maximum absolute atomic E-state index is 13.3. The van der Waals surface area contributed by atoms with E-state index in [1.165, 1.54) is 18.2 Å². The Morgan fingerprint density at radius 2 is 1.86 bits per heavy atom. The van der Waals surface area contributed by atoms with E-state index in [1.807, 2.05) is 4.72 Å². The number of nitrogens with one attached hydrogen (secondary N) is 1. The van der Waals surface area contributed by atoms with Crippen LogP contribution in [0.25, 0.3) is 0 Å². The lowest BCUT2D eigenvalue weighted by atomic mass is 9.89. The minimum absolute atomic E-state index is 0.160. The van der Waals surface area contributed by atoms with Crippen LogP contribution >= 0.6 is 0 Å². The van der Waals surface area contributed by atoms with Crippen LogP contribution in [0.2, 0.25) is 0 Å². The maximum Gasteiger partial charge on any atom is 0.405 e. The van der Waals surface area contributed by atoms with Crippen molar-refractivity contribution in [1.82, 2.24) is 4.72 Å². The van der Waals surface area contributed by atoms with Crippen LogP contribution in [-0.2, 0) is 10.0 Å². The summed E-state index contributed by atoms with van der Waals surface area (Å²) in [6, 6.07) is 3.62. The summed E-state index contributed by atoms with van der Waals surface area (Å²) >= 11 is 0. The van der Waals surface area contributed by atoms with Crippen molar-refractivity contribution in [3.8, 4) is 0 Å². The van der Waals surface area contributed by atoms with E-state index in [2.05, 4.69) is 0 Å². The molecule has 1 aliphatic carbocycles. The largest absolute Gasteiger partial charge is 0.405 e. The number of rotatable bonds is 4. The zero-order valence-corrected chi connectivity index (χ0v) is 12.9. The Kier molecular flexibility index (Phi) is 4.97. The van der Waals surface area contributed by atoms with E-state index in [9.17, 15) is 21.6 Å². The number of benzene rings is 1. The molecule has 1 aromatic carbocycles. The third kappa shape index (κ3) is 4.10. The minimum atomic E-state index is -4.63. The molecule has 0 saturated carbocycles. The van der Waals surface area contributed by atoms with Gasteiger partial charge in [-0.2, -0.15) is 17.9 Å². The Labute approximate surface area is 128 Å². The molecular weight excluding hydrogens is 315 g/mol. The van der Waals surface area contributed by atoms with Gasteiger partial charge in [0.05, 0.1) is 4.90 Å². The van der Waals surface area contributed by atoms with Crippen molar-refractivity contribution in [2.75, 3.05) is 0 Å². The molecule has 22 heavy (non-hydrogen) atoms. The summed E-state index contributed by atoms with van der Waals surface area (Å²) in [6.07, 6.45) is 0.166. The van der Waals surface area contributed by atoms with Gasteiger partial charge >= 0.3 is 6.18 Å². The predicted octanol–water partition coefficient (Wildman–Crippen LogP) is 3.56. The molecule has 0 aromatic heterocycles. The number of hydrogen-bond donors (Lipinski definition) is 1. The van der Waals surface area contributed by atoms with Crippen LogP contribution in [0.1, 0.15) is 24.8 Å². The van der Waals surface area contributed by atoms with Crippen LogP contribution in [0, 0.1) is 12.8 Å². The number of aryl methyl sites for hydroxylation is 1. The number of alkyl halides is 3. The Hall–Kier alpha value is -1.34. The van der Waals surface area contributed by atoms with Gasteiger partial charge in [-0.25, -0.2) is 8.42 Å². The van der Waals surface area contributed by atoms with Crippen LogP contribution in [-0.4, -0.2) is 20.6 Å². The summed E-state index contributed by atoms with van der Waals surface area (Å²) in [6.45, 7) is 1.77. The van der Waals surface area contributed by atoms with Crippen molar-refractivity contribution in [1.29, 1.82) is 0 Å². The van der Waals surface area contributed by atoms with Gasteiger partial charge in [-0.05, 0) is 38.3 Å². The third-order valence-electron chi connectivity index (χ3n) is 3.69. The molecule has 2 atom stereocenters. The summed E-state index contributed by atoms with van der Waals surface area (Å²) < 4.78 is 66.0. The summed E-state index contributed by atoms with van der Waals surface area (Å²) in [7, 11) is -4.21. The maximum atomic E-state index is 13.3. The van der Waals surface area contributed by atoms with Crippen LogP contribution in [0.5, 0.6) is 0 Å². The molecule has 0 bridgehead atoms. The fraction of sp³-hybridized carbons (Fsp3) is 0.467. The number of hydrogen-bond acceptors (Lipinski definition) is 2. The first-order valence-corrected chi connectivity index (χ1v) is 8.51. The van der Waals surface area contributed by atoms with E-state index in [1.54, 1.807) is 25.1 Å². The van der Waals surface area contributed by atoms with E-state index in [4.69, 9.17) is 0 Å². The van der Waals surface area contributed by atoms with E-state index < -0.39 is 28.2 Å². The van der Waals surface area contributed by atoms with Gasteiger partial charge < -0.3 is 0 Å². The van der Waals surface area contributed by atoms with Crippen LogP contribution < -0.4 is 4.72 Å². The van der Waals surface area contributed by atoms with E-state index in [0.29, 0.717) is 12.8 Å². The molecule has 0 amide bonds. The normalized spacial score (nSPS) is 20.8. The molecule has 0 fully saturated rings. The molecule has 122 valence electrons. The van der Waals surface area contributed by atoms with Gasteiger partial charge in [0.1, 0.15) is 6.04 Å². The fourth-order valence-corrected chi connectivity index (χ4v) is 3.74. The Bertz CT molecular complexity index is 636. The lowest BCUT2D eigenvalue weighted by molar-refractivity contribution is -0.160. The standard InChI is InChI=1S/C15H18F3NO2S/c1-11-7-9-13(10-8-11)22(20,21)19-14(15(16,17)18)12-5-3-2-4-6-12/h3,5,7-10,12,14,19H,2,4,6H2,1H3/t12-,14+/m0/s1. The van der Waals surface area contributed by atoms with Gasteiger partial charge in [0.15, 0.2) is 0 Å². The van der Waals surface area contributed by atoms with Crippen LogP contribution in [0.4, 0.5) is 13.2 Å². The molecule has 0 unspecified atom stereocenters. The fourth-order valence-electron chi connectivity index (χ4n) is 2.47. The van der Waals surface area contributed by atoms with Gasteiger partial charge in [-0.15, -0.1) is 0 Å². The van der Waals surface area contributed by atoms with Gasteiger partial charge in [0.2, 0.25) is 10.0 Å². The second-order valence-corrected chi connectivity index (χ2v) is 7.19. The molecule has 7 heteroatoms. The SMILES string of the molecule is Cc1ccc(S(=O)(=O)N[C@H]([C@H]2C=CCCC2)C(F)(F)F)cc1. The molecule has 1 aliphatic rings. The molecule has 0 spiro atoms. The van der Waals surface area contributed by atoms with Crippen molar-refractivity contribution in [2.45, 2.75) is 43.3 Å². The van der Waals surface area contributed by atoms with Crippen molar-refractivity contribution in [2.24, 2.45) is 5.92 Å². The smallest absolute Gasteiger partial charge is 0.207 e. The van der Waals surface area contributed by atoms with Gasteiger partial charge in [0.25, 0.3) is 0 Å². The Morgan fingerprint density at radius 1 is 1.23 bits per heavy atom. The van der Waals surface area contributed by atoms with Crippen molar-refractivity contribution in [3.05, 3.63) is 42.0 Å². The number of sulfonamides is 1. The molecule has 0 radical (unpaired) electrons. The molecular formula is C15H18F3NO2S. The second kappa shape index (κ2) is 6.42. The van der Waals surface area contributed by atoms with Crippen LogP contribution in [0.15, 0.2) is 41.3 Å². The molecule has 0 aliphatic heterocycles. The van der Waals surface area contributed by atoms with E-state index in [0.717, 1.165) is 12.0 Å². The summed E-state index contributed by atoms with van der Waals surface area (Å²) in [5.74, 6) is -0.867. The van der Waals surface area contributed by atoms with Crippen LogP contribution in [0.3, 0.4) is 0 Å². The van der Waals surface area contributed by atoms with Gasteiger partial charge in [-0.3, -0.25) is 0 Å². The zero-order chi connectivity index (χ0) is 16.4. The Balaban J connectivity index is 2.28. The predicted molar refractivity (Wildman–Crippen MR) is 77.8 cm³/mol. The number of halogens is 3. The topological polar surface area (TPSA) is 46.2 Å². The summed E-state index contributed by atoms with van der Waals surface area (Å²) in [5.41, 5.74) is 0.835. The molecule has 0 saturated heterocycles. The first-order chi connectivity index (χ1) is 10.2. The molecule has 1 aromatic rings. The lowest BCUT2D eigenvalue weighted by Crippen LogP contribution is -2.49. The van der Waals surface area contributed by atoms with Gasteiger partial charge in [-0.1, -0.05) is 29.8 Å². The molecule has 1 N–H and O–H groups in total. The first-order valence-electron chi connectivity index (χ1n) is 7.02. The minimum Gasteiger partial charge on any atom is -0.207 e. The highest BCUT2D eigenvalue weighted by Crippen LogP contribution is 2.32. The number of allylic oxidation sites excluding steroid dienone is 1. The highest BCUT2D eigenvalue weighted by atomic mass is 32.2. The van der Waals surface area contributed by atoms with E-state index >= 15 is 0 Å². The average molecular weight is 333 g/mol. The monoisotopic (exact) mass is 333 g/mol. The lowest BCUT2D eigenvalue weighted by Gasteiger charge is -2.29. The van der Waals surface area contributed by atoms with E-state index in [-0.39, 0.29) is 4.90 Å². The summed E-state index contributed by atoms with van der Waals surface area (Å²) in [4.78, 5) is -0.160. The first kappa shape index (κ1) is 17.0. The zero-order valence-electron chi connectivity index (χ0n) is 12.1. The average Bonchev–Trinajstić information content (AvgIpc) is 2.45. The molecule has 3 nitrogen and oxygen atoms in total.